The molecular formula is C19H18N2O5. The molecule has 1 amide bonds. The number of ether oxygens (including phenoxy) is 1. The number of carbonyl (C=O) groups excluding carboxylic acids is 2. The molecule has 0 spiro atoms. The number of nitrogens with one attached hydrogen (secondary N) is 1. The van der Waals surface area contributed by atoms with Crippen LogP contribution in [0.25, 0.3) is 0 Å². The van der Waals surface area contributed by atoms with E-state index in [0.717, 1.165) is 12.8 Å². The van der Waals surface area contributed by atoms with E-state index in [9.17, 15) is 19.7 Å². The molecule has 0 unspecified atom stereocenters. The predicted octanol–water partition coefficient (Wildman–Crippen LogP) is 3.08. The molecule has 3 rings (SSSR count). The van der Waals surface area contributed by atoms with Gasteiger partial charge in [-0.05, 0) is 25.8 Å². The van der Waals surface area contributed by atoms with E-state index in [2.05, 4.69) is 5.32 Å². The summed E-state index contributed by atoms with van der Waals surface area (Å²) in [5.41, 5.74) is 0.650. The number of benzene rings is 2. The minimum absolute atomic E-state index is 0.0688. The van der Waals surface area contributed by atoms with Crippen molar-refractivity contribution in [2.75, 3.05) is 0 Å². The predicted molar refractivity (Wildman–Crippen MR) is 93.6 cm³/mol. The maximum atomic E-state index is 12.6. The first-order chi connectivity index (χ1) is 12.5. The SMILES string of the molecule is Cc1c(C(=O)O[C@H](C(=O)NC2CC2)c2ccccc2)cccc1[N+](=O)[O-]. The number of hydrogen-bond acceptors (Lipinski definition) is 5. The molecule has 0 aliphatic heterocycles. The maximum absolute atomic E-state index is 12.6. The van der Waals surface area contributed by atoms with Crippen LogP contribution in [-0.2, 0) is 9.53 Å². The molecule has 7 heteroatoms. The Labute approximate surface area is 150 Å². The van der Waals surface area contributed by atoms with E-state index in [0.29, 0.717) is 5.56 Å². The third-order valence-corrected chi connectivity index (χ3v) is 4.21. The van der Waals surface area contributed by atoms with Gasteiger partial charge in [-0.15, -0.1) is 0 Å². The van der Waals surface area contributed by atoms with E-state index >= 15 is 0 Å². The number of esters is 1. The van der Waals surface area contributed by atoms with Crippen molar-refractivity contribution in [3.8, 4) is 0 Å². The van der Waals surface area contributed by atoms with Crippen LogP contribution < -0.4 is 5.32 Å². The Balaban J connectivity index is 1.86. The van der Waals surface area contributed by atoms with E-state index in [1.54, 1.807) is 30.3 Å². The summed E-state index contributed by atoms with van der Waals surface area (Å²) in [6.45, 7) is 1.48. The number of carbonyl (C=O) groups is 2. The van der Waals surface area contributed by atoms with Crippen LogP contribution in [0.15, 0.2) is 48.5 Å². The highest BCUT2D eigenvalue weighted by Crippen LogP contribution is 2.26. The topological polar surface area (TPSA) is 98.5 Å². The molecule has 1 saturated carbocycles. The summed E-state index contributed by atoms with van der Waals surface area (Å²) in [7, 11) is 0. The van der Waals surface area contributed by atoms with E-state index in [4.69, 9.17) is 4.74 Å². The maximum Gasteiger partial charge on any atom is 0.339 e. The van der Waals surface area contributed by atoms with Gasteiger partial charge in [0.15, 0.2) is 0 Å². The highest BCUT2D eigenvalue weighted by atomic mass is 16.6. The summed E-state index contributed by atoms with van der Waals surface area (Å²) < 4.78 is 5.46. The van der Waals surface area contributed by atoms with Crippen LogP contribution >= 0.6 is 0 Å². The van der Waals surface area contributed by atoms with Gasteiger partial charge in [0.05, 0.1) is 10.5 Å². The zero-order valence-corrected chi connectivity index (χ0v) is 14.2. The Hall–Kier alpha value is -3.22. The minimum atomic E-state index is -1.11. The van der Waals surface area contributed by atoms with E-state index in [-0.39, 0.29) is 22.9 Å². The van der Waals surface area contributed by atoms with Crippen LogP contribution in [0.1, 0.15) is 40.4 Å². The van der Waals surface area contributed by atoms with Crippen molar-refractivity contribution in [3.63, 3.8) is 0 Å². The monoisotopic (exact) mass is 354 g/mol. The second-order valence-corrected chi connectivity index (χ2v) is 6.19. The zero-order valence-electron chi connectivity index (χ0n) is 14.2. The summed E-state index contributed by atoms with van der Waals surface area (Å²) in [6.07, 6.45) is 0.707. The van der Waals surface area contributed by atoms with Crippen molar-refractivity contribution in [1.29, 1.82) is 0 Å². The smallest absolute Gasteiger partial charge is 0.339 e. The van der Waals surface area contributed by atoms with Gasteiger partial charge >= 0.3 is 5.97 Å². The Morgan fingerprint density at radius 2 is 1.85 bits per heavy atom. The number of amides is 1. The summed E-state index contributed by atoms with van der Waals surface area (Å²) in [5, 5.41) is 13.9. The molecule has 1 aliphatic carbocycles. The lowest BCUT2D eigenvalue weighted by Crippen LogP contribution is -2.33. The van der Waals surface area contributed by atoms with E-state index in [1.807, 2.05) is 0 Å². The first kappa shape index (κ1) is 17.6. The van der Waals surface area contributed by atoms with Crippen molar-refractivity contribution in [3.05, 3.63) is 75.3 Å². The average molecular weight is 354 g/mol. The Morgan fingerprint density at radius 3 is 2.46 bits per heavy atom. The summed E-state index contributed by atoms with van der Waals surface area (Å²) in [5.74, 6) is -1.17. The second kappa shape index (κ2) is 7.35. The number of rotatable bonds is 6. The van der Waals surface area contributed by atoms with Gasteiger partial charge in [-0.25, -0.2) is 4.79 Å². The van der Waals surface area contributed by atoms with Crippen LogP contribution in [-0.4, -0.2) is 22.8 Å². The van der Waals surface area contributed by atoms with Crippen LogP contribution in [0.2, 0.25) is 0 Å². The molecule has 1 N–H and O–H groups in total. The van der Waals surface area contributed by atoms with Crippen LogP contribution in [0.3, 0.4) is 0 Å². The molecule has 2 aromatic rings. The minimum Gasteiger partial charge on any atom is -0.444 e. The lowest BCUT2D eigenvalue weighted by atomic mass is 10.1. The third-order valence-electron chi connectivity index (χ3n) is 4.21. The van der Waals surface area contributed by atoms with Crippen molar-refractivity contribution >= 4 is 17.6 Å². The highest BCUT2D eigenvalue weighted by Gasteiger charge is 2.31. The van der Waals surface area contributed by atoms with Gasteiger partial charge in [-0.2, -0.15) is 0 Å². The summed E-state index contributed by atoms with van der Waals surface area (Å²) in [6, 6.07) is 13.0. The third kappa shape index (κ3) is 3.88. The molecule has 0 aromatic heterocycles. The fraction of sp³-hybridized carbons (Fsp3) is 0.263. The molecule has 26 heavy (non-hydrogen) atoms. The van der Waals surface area contributed by atoms with Gasteiger partial charge in [-0.3, -0.25) is 14.9 Å². The fourth-order valence-electron chi connectivity index (χ4n) is 2.62. The quantitative estimate of drug-likeness (QED) is 0.488. The fourth-order valence-corrected chi connectivity index (χ4v) is 2.62. The van der Waals surface area contributed by atoms with Crippen molar-refractivity contribution in [2.45, 2.75) is 31.9 Å². The van der Waals surface area contributed by atoms with Gasteiger partial charge in [0.2, 0.25) is 6.10 Å². The normalized spacial score (nSPS) is 14.3. The molecule has 0 radical (unpaired) electrons. The van der Waals surface area contributed by atoms with Gasteiger partial charge < -0.3 is 10.1 Å². The average Bonchev–Trinajstić information content (AvgIpc) is 3.44. The van der Waals surface area contributed by atoms with Gasteiger partial charge in [0.1, 0.15) is 0 Å². The standard InChI is InChI=1S/C19H18N2O5/c1-12-15(8-5-9-16(12)21(24)25)19(23)26-17(13-6-3-2-4-7-13)18(22)20-14-10-11-14/h2-9,14,17H,10-11H2,1H3,(H,20,22)/t17-/m0/s1. The van der Waals surface area contributed by atoms with Crippen LogP contribution in [0.4, 0.5) is 5.69 Å². The lowest BCUT2D eigenvalue weighted by molar-refractivity contribution is -0.385. The Morgan fingerprint density at radius 1 is 1.15 bits per heavy atom. The Kier molecular flexibility index (Phi) is 4.97. The zero-order chi connectivity index (χ0) is 18.7. The number of nitrogens with zero attached hydrogens (tertiary/aromatic N) is 1. The molecule has 2 aromatic carbocycles. The molecule has 7 nitrogen and oxygen atoms in total. The summed E-state index contributed by atoms with van der Waals surface area (Å²) in [4.78, 5) is 35.6. The number of nitro groups is 1. The first-order valence-electron chi connectivity index (χ1n) is 8.27. The van der Waals surface area contributed by atoms with Crippen molar-refractivity contribution in [1.82, 2.24) is 5.32 Å². The van der Waals surface area contributed by atoms with Crippen LogP contribution in [0, 0.1) is 17.0 Å². The van der Waals surface area contributed by atoms with E-state index < -0.39 is 22.9 Å². The van der Waals surface area contributed by atoms with Gasteiger partial charge in [-0.1, -0.05) is 36.4 Å². The molecule has 1 atom stereocenters. The first-order valence-corrected chi connectivity index (χ1v) is 8.27. The summed E-state index contributed by atoms with van der Waals surface area (Å²) >= 11 is 0. The molecule has 1 fully saturated rings. The molecular weight excluding hydrogens is 336 g/mol. The van der Waals surface area contributed by atoms with Crippen molar-refractivity contribution in [2.24, 2.45) is 0 Å². The molecule has 134 valence electrons. The largest absolute Gasteiger partial charge is 0.444 e. The second-order valence-electron chi connectivity index (χ2n) is 6.19. The number of nitro benzene ring substituents is 1. The van der Waals surface area contributed by atoms with E-state index in [1.165, 1.54) is 25.1 Å². The Bertz CT molecular complexity index is 846. The van der Waals surface area contributed by atoms with Gasteiger partial charge in [0, 0.05) is 23.2 Å². The van der Waals surface area contributed by atoms with Crippen molar-refractivity contribution < 1.29 is 19.2 Å². The number of hydrogen-bond donors (Lipinski definition) is 1. The molecule has 0 heterocycles. The lowest BCUT2D eigenvalue weighted by Gasteiger charge is -2.18. The highest BCUT2D eigenvalue weighted by molar-refractivity contribution is 5.94. The molecule has 0 saturated heterocycles. The molecule has 1 aliphatic rings. The van der Waals surface area contributed by atoms with Crippen LogP contribution in [0.5, 0.6) is 0 Å². The van der Waals surface area contributed by atoms with Gasteiger partial charge in [0.25, 0.3) is 11.6 Å². The molecule has 0 bridgehead atoms.